The van der Waals surface area contributed by atoms with Gasteiger partial charge < -0.3 is 10.8 Å². The van der Waals surface area contributed by atoms with Gasteiger partial charge in [-0.15, -0.1) is 0 Å². The Morgan fingerprint density at radius 2 is 1.95 bits per heavy atom. The Morgan fingerprint density at radius 1 is 1.26 bits per heavy atom. The molecule has 0 unspecified atom stereocenters. The molecular formula is C14H11N3O2. The van der Waals surface area contributed by atoms with E-state index >= 15 is 0 Å². The summed E-state index contributed by atoms with van der Waals surface area (Å²) >= 11 is 0. The maximum atomic E-state index is 10.9. The molecule has 2 rings (SSSR count). The first kappa shape index (κ1) is 12.6. The molecule has 5 nitrogen and oxygen atoms in total. The number of nitrogen functional groups attached to an aromatic ring is 1. The largest absolute Gasteiger partial charge is 0.478 e. The van der Waals surface area contributed by atoms with E-state index in [1.807, 2.05) is 6.92 Å². The highest BCUT2D eigenvalue weighted by molar-refractivity contribution is 5.88. The summed E-state index contributed by atoms with van der Waals surface area (Å²) in [6, 6.07) is 4.82. The zero-order valence-electron chi connectivity index (χ0n) is 10.2. The van der Waals surface area contributed by atoms with Crippen LogP contribution in [0.25, 0.3) is 0 Å². The molecule has 0 radical (unpaired) electrons. The monoisotopic (exact) mass is 253 g/mol. The number of carboxylic acids is 1. The molecule has 0 aliphatic rings. The van der Waals surface area contributed by atoms with Crippen LogP contribution in [0.2, 0.25) is 0 Å². The number of rotatable bonds is 1. The molecule has 1 aromatic carbocycles. The third-order valence-corrected chi connectivity index (χ3v) is 2.50. The van der Waals surface area contributed by atoms with Gasteiger partial charge in [0.25, 0.3) is 0 Å². The maximum Gasteiger partial charge on any atom is 0.335 e. The van der Waals surface area contributed by atoms with Gasteiger partial charge in [-0.1, -0.05) is 17.9 Å². The summed E-state index contributed by atoms with van der Waals surface area (Å²) in [7, 11) is 0. The van der Waals surface area contributed by atoms with E-state index in [4.69, 9.17) is 10.8 Å². The molecule has 0 amide bonds. The van der Waals surface area contributed by atoms with Crippen molar-refractivity contribution < 1.29 is 9.90 Å². The number of benzene rings is 1. The highest BCUT2D eigenvalue weighted by Crippen LogP contribution is 2.10. The molecule has 94 valence electrons. The van der Waals surface area contributed by atoms with Gasteiger partial charge in [-0.05, 0) is 24.6 Å². The molecule has 5 heteroatoms. The second-order valence-electron chi connectivity index (χ2n) is 3.91. The van der Waals surface area contributed by atoms with Gasteiger partial charge in [-0.25, -0.2) is 14.8 Å². The van der Waals surface area contributed by atoms with E-state index < -0.39 is 5.97 Å². The summed E-state index contributed by atoms with van der Waals surface area (Å²) in [6.45, 7) is 1.87. The SMILES string of the molecule is Cc1ccc(C(=O)O)cc1C#Cc1cnc(N)nc1. The minimum Gasteiger partial charge on any atom is -0.478 e. The van der Waals surface area contributed by atoms with E-state index in [0.717, 1.165) is 5.56 Å². The summed E-state index contributed by atoms with van der Waals surface area (Å²) in [5, 5.41) is 8.93. The summed E-state index contributed by atoms with van der Waals surface area (Å²) in [5.41, 5.74) is 7.78. The van der Waals surface area contributed by atoms with E-state index in [0.29, 0.717) is 11.1 Å². The lowest BCUT2D eigenvalue weighted by Crippen LogP contribution is -1.97. The molecule has 0 saturated heterocycles. The van der Waals surface area contributed by atoms with Crippen LogP contribution < -0.4 is 5.73 Å². The quantitative estimate of drug-likeness (QED) is 0.751. The van der Waals surface area contributed by atoms with Gasteiger partial charge in [-0.2, -0.15) is 0 Å². The number of hydrogen-bond donors (Lipinski definition) is 2. The van der Waals surface area contributed by atoms with Crippen LogP contribution in [0.4, 0.5) is 5.95 Å². The van der Waals surface area contributed by atoms with E-state index in [1.165, 1.54) is 12.4 Å². The third kappa shape index (κ3) is 3.07. The van der Waals surface area contributed by atoms with Gasteiger partial charge >= 0.3 is 5.97 Å². The Bertz CT molecular complexity index is 682. The fraction of sp³-hybridized carbons (Fsp3) is 0.0714. The van der Waals surface area contributed by atoms with Crippen LogP contribution in [0.5, 0.6) is 0 Å². The van der Waals surface area contributed by atoms with Crippen molar-refractivity contribution in [2.45, 2.75) is 6.92 Å². The summed E-state index contributed by atoms with van der Waals surface area (Å²) in [4.78, 5) is 18.6. The lowest BCUT2D eigenvalue weighted by molar-refractivity contribution is 0.0697. The van der Waals surface area contributed by atoms with Crippen LogP contribution >= 0.6 is 0 Å². The average Bonchev–Trinajstić information content (AvgIpc) is 2.39. The van der Waals surface area contributed by atoms with E-state index in [2.05, 4.69) is 21.8 Å². The Labute approximate surface area is 110 Å². The number of carboxylic acid groups (broad SMARTS) is 1. The first-order valence-electron chi connectivity index (χ1n) is 5.50. The zero-order valence-corrected chi connectivity index (χ0v) is 10.2. The Kier molecular flexibility index (Phi) is 3.44. The summed E-state index contributed by atoms with van der Waals surface area (Å²) in [5.74, 6) is 5.00. The second kappa shape index (κ2) is 5.19. The highest BCUT2D eigenvalue weighted by Gasteiger charge is 2.04. The number of aromatic nitrogens is 2. The molecule has 0 aliphatic carbocycles. The lowest BCUT2D eigenvalue weighted by atomic mass is 10.1. The smallest absolute Gasteiger partial charge is 0.335 e. The molecule has 0 bridgehead atoms. The third-order valence-electron chi connectivity index (χ3n) is 2.50. The second-order valence-corrected chi connectivity index (χ2v) is 3.91. The number of aromatic carboxylic acids is 1. The molecule has 0 aliphatic heterocycles. The van der Waals surface area contributed by atoms with E-state index in [-0.39, 0.29) is 11.5 Å². The van der Waals surface area contributed by atoms with Gasteiger partial charge in [0.15, 0.2) is 0 Å². The van der Waals surface area contributed by atoms with Gasteiger partial charge in [0.05, 0.1) is 11.1 Å². The van der Waals surface area contributed by atoms with Crippen molar-refractivity contribution in [3.8, 4) is 11.8 Å². The van der Waals surface area contributed by atoms with Gasteiger partial charge in [0.2, 0.25) is 5.95 Å². The fourth-order valence-electron chi connectivity index (χ4n) is 1.43. The number of aryl methyl sites for hydroxylation is 1. The molecule has 3 N–H and O–H groups in total. The van der Waals surface area contributed by atoms with Crippen molar-refractivity contribution in [1.82, 2.24) is 9.97 Å². The zero-order chi connectivity index (χ0) is 13.8. The molecule has 19 heavy (non-hydrogen) atoms. The molecular weight excluding hydrogens is 242 g/mol. The lowest BCUT2D eigenvalue weighted by Gasteiger charge is -1.99. The number of nitrogens with two attached hydrogens (primary N) is 1. The number of carbonyl (C=O) groups is 1. The molecule has 0 saturated carbocycles. The first-order chi connectivity index (χ1) is 9.06. The Morgan fingerprint density at radius 3 is 2.58 bits per heavy atom. The molecule has 2 aromatic rings. The van der Waals surface area contributed by atoms with Crippen LogP contribution in [-0.4, -0.2) is 21.0 Å². The predicted molar refractivity (Wildman–Crippen MR) is 70.6 cm³/mol. The summed E-state index contributed by atoms with van der Waals surface area (Å²) < 4.78 is 0. The first-order valence-corrected chi connectivity index (χ1v) is 5.50. The van der Waals surface area contributed by atoms with Crippen LogP contribution in [0.15, 0.2) is 30.6 Å². The van der Waals surface area contributed by atoms with Gasteiger partial charge in [-0.3, -0.25) is 0 Å². The number of hydrogen-bond acceptors (Lipinski definition) is 4. The van der Waals surface area contributed by atoms with Crippen molar-refractivity contribution in [1.29, 1.82) is 0 Å². The minimum atomic E-state index is -0.973. The molecule has 1 heterocycles. The van der Waals surface area contributed by atoms with Crippen molar-refractivity contribution in [2.75, 3.05) is 5.73 Å². The Balaban J connectivity index is 2.36. The highest BCUT2D eigenvalue weighted by atomic mass is 16.4. The molecule has 0 fully saturated rings. The van der Waals surface area contributed by atoms with Crippen LogP contribution in [-0.2, 0) is 0 Å². The predicted octanol–water partition coefficient (Wildman–Crippen LogP) is 1.47. The fourth-order valence-corrected chi connectivity index (χ4v) is 1.43. The average molecular weight is 253 g/mol. The van der Waals surface area contributed by atoms with Crippen LogP contribution in [0.1, 0.15) is 27.0 Å². The standard InChI is InChI=1S/C14H11N3O2/c1-9-2-4-12(13(18)19)6-11(9)5-3-10-7-16-14(15)17-8-10/h2,4,6-8H,1H3,(H,18,19)(H2,15,16,17). The number of anilines is 1. The van der Waals surface area contributed by atoms with E-state index in [9.17, 15) is 4.79 Å². The van der Waals surface area contributed by atoms with E-state index in [1.54, 1.807) is 18.2 Å². The van der Waals surface area contributed by atoms with Crippen molar-refractivity contribution in [3.63, 3.8) is 0 Å². The number of nitrogens with zero attached hydrogens (tertiary/aromatic N) is 2. The maximum absolute atomic E-state index is 10.9. The minimum absolute atomic E-state index is 0.189. The molecule has 1 aromatic heterocycles. The van der Waals surface area contributed by atoms with Gasteiger partial charge in [0, 0.05) is 18.0 Å². The summed E-state index contributed by atoms with van der Waals surface area (Å²) in [6.07, 6.45) is 3.04. The topological polar surface area (TPSA) is 89.1 Å². The van der Waals surface area contributed by atoms with Crippen molar-refractivity contribution in [2.24, 2.45) is 0 Å². The Hall–Kier alpha value is -2.87. The van der Waals surface area contributed by atoms with Gasteiger partial charge in [0.1, 0.15) is 0 Å². The van der Waals surface area contributed by atoms with Crippen molar-refractivity contribution in [3.05, 3.63) is 52.8 Å². The molecule has 0 spiro atoms. The molecule has 0 atom stereocenters. The van der Waals surface area contributed by atoms with Crippen molar-refractivity contribution >= 4 is 11.9 Å². The van der Waals surface area contributed by atoms with Crippen LogP contribution in [0.3, 0.4) is 0 Å². The normalized spacial score (nSPS) is 9.53. The van der Waals surface area contributed by atoms with Crippen LogP contribution in [0, 0.1) is 18.8 Å².